The highest BCUT2D eigenvalue weighted by Crippen LogP contribution is 2.34. The van der Waals surface area contributed by atoms with Gasteiger partial charge >= 0.3 is 5.97 Å². The molecule has 0 atom stereocenters. The minimum absolute atomic E-state index is 0.0540. The fourth-order valence-corrected chi connectivity index (χ4v) is 2.71. The molecule has 0 saturated carbocycles. The lowest BCUT2D eigenvalue weighted by Crippen LogP contribution is -2.34. The first kappa shape index (κ1) is 19.4. The van der Waals surface area contributed by atoms with Gasteiger partial charge in [-0.25, -0.2) is 0 Å². The van der Waals surface area contributed by atoms with E-state index in [4.69, 9.17) is 9.84 Å². The number of hydrogen-bond donors (Lipinski definition) is 2. The van der Waals surface area contributed by atoms with E-state index in [0.29, 0.717) is 11.5 Å². The molecule has 1 heterocycles. The SMILES string of the molecule is CCCCCCOc1cc2c(cc1NC(C)=O)C(=O)N(CC(=O)O)C2=O. The molecule has 8 nitrogen and oxygen atoms in total. The zero-order chi connectivity index (χ0) is 19.3. The van der Waals surface area contributed by atoms with Gasteiger partial charge in [0.15, 0.2) is 0 Å². The van der Waals surface area contributed by atoms with Crippen LogP contribution in [0.2, 0.25) is 0 Å². The Morgan fingerprint density at radius 1 is 1.12 bits per heavy atom. The van der Waals surface area contributed by atoms with Crippen molar-refractivity contribution in [3.63, 3.8) is 0 Å². The molecule has 1 aliphatic heterocycles. The van der Waals surface area contributed by atoms with Crippen molar-refractivity contribution in [2.45, 2.75) is 39.5 Å². The molecule has 1 aromatic rings. The number of nitrogens with one attached hydrogen (secondary N) is 1. The van der Waals surface area contributed by atoms with E-state index in [2.05, 4.69) is 12.2 Å². The quantitative estimate of drug-likeness (QED) is 0.515. The number of amides is 3. The fraction of sp³-hybridized carbons (Fsp3) is 0.444. The molecule has 140 valence electrons. The summed E-state index contributed by atoms with van der Waals surface area (Å²) in [7, 11) is 0. The molecule has 0 aromatic heterocycles. The van der Waals surface area contributed by atoms with Crippen LogP contribution in [0.1, 0.15) is 60.2 Å². The molecule has 26 heavy (non-hydrogen) atoms. The van der Waals surface area contributed by atoms with Gasteiger partial charge < -0.3 is 15.2 Å². The molecule has 2 rings (SSSR count). The van der Waals surface area contributed by atoms with Gasteiger partial charge in [0.25, 0.3) is 11.8 Å². The normalized spacial score (nSPS) is 12.9. The Hall–Kier alpha value is -2.90. The van der Waals surface area contributed by atoms with Gasteiger partial charge in [0.1, 0.15) is 12.3 Å². The number of carboxylic acids is 1. The van der Waals surface area contributed by atoms with Gasteiger partial charge in [-0.15, -0.1) is 0 Å². The minimum Gasteiger partial charge on any atom is -0.491 e. The van der Waals surface area contributed by atoms with E-state index in [9.17, 15) is 19.2 Å². The molecule has 0 fully saturated rings. The van der Waals surface area contributed by atoms with Gasteiger partial charge in [0.05, 0.1) is 23.4 Å². The summed E-state index contributed by atoms with van der Waals surface area (Å²) >= 11 is 0. The number of unbranched alkanes of at least 4 members (excludes halogenated alkanes) is 3. The van der Waals surface area contributed by atoms with E-state index in [1.54, 1.807) is 0 Å². The average Bonchev–Trinajstić information content (AvgIpc) is 2.78. The van der Waals surface area contributed by atoms with Crippen LogP contribution < -0.4 is 10.1 Å². The summed E-state index contributed by atoms with van der Waals surface area (Å²) in [6.45, 7) is 3.12. The van der Waals surface area contributed by atoms with Gasteiger partial charge in [-0.3, -0.25) is 24.1 Å². The molecule has 1 aromatic carbocycles. The third kappa shape index (κ3) is 4.38. The highest BCUT2D eigenvalue weighted by Gasteiger charge is 2.38. The number of hydrogen-bond acceptors (Lipinski definition) is 5. The summed E-state index contributed by atoms with van der Waals surface area (Å²) in [6.07, 6.45) is 4.00. The number of ether oxygens (including phenoxy) is 1. The zero-order valence-electron chi connectivity index (χ0n) is 14.8. The van der Waals surface area contributed by atoms with Crippen molar-refractivity contribution in [2.24, 2.45) is 0 Å². The summed E-state index contributed by atoms with van der Waals surface area (Å²) in [4.78, 5) is 47.6. The molecular weight excluding hydrogens is 340 g/mol. The van der Waals surface area contributed by atoms with Crippen LogP contribution in [0.4, 0.5) is 5.69 Å². The Balaban J connectivity index is 2.28. The molecule has 0 saturated heterocycles. The number of nitrogens with zero attached hydrogens (tertiary/aromatic N) is 1. The number of carbonyl (C=O) groups excluding carboxylic acids is 3. The van der Waals surface area contributed by atoms with Crippen molar-refractivity contribution >= 4 is 29.4 Å². The lowest BCUT2D eigenvalue weighted by atomic mass is 10.1. The van der Waals surface area contributed by atoms with Gasteiger partial charge in [0, 0.05) is 6.92 Å². The van der Waals surface area contributed by atoms with Crippen molar-refractivity contribution in [1.82, 2.24) is 4.90 Å². The first-order valence-corrected chi connectivity index (χ1v) is 8.51. The van der Waals surface area contributed by atoms with E-state index in [1.165, 1.54) is 19.1 Å². The maximum Gasteiger partial charge on any atom is 0.323 e. The Kier molecular flexibility index (Phi) is 6.32. The fourth-order valence-electron chi connectivity index (χ4n) is 2.71. The average molecular weight is 362 g/mol. The van der Waals surface area contributed by atoms with Crippen molar-refractivity contribution in [2.75, 3.05) is 18.5 Å². The summed E-state index contributed by atoms with van der Waals surface area (Å²) in [6, 6.07) is 2.75. The molecule has 0 bridgehead atoms. The highest BCUT2D eigenvalue weighted by atomic mass is 16.5. The monoisotopic (exact) mass is 362 g/mol. The van der Waals surface area contributed by atoms with E-state index in [-0.39, 0.29) is 28.5 Å². The molecular formula is C18H22N2O6. The third-order valence-electron chi connectivity index (χ3n) is 3.93. The number of anilines is 1. The lowest BCUT2D eigenvalue weighted by molar-refractivity contribution is -0.137. The second-order valence-corrected chi connectivity index (χ2v) is 6.07. The minimum atomic E-state index is -1.28. The van der Waals surface area contributed by atoms with Crippen LogP contribution in [-0.4, -0.2) is 46.8 Å². The van der Waals surface area contributed by atoms with Gasteiger partial charge in [-0.1, -0.05) is 26.2 Å². The summed E-state index contributed by atoms with van der Waals surface area (Å²) in [5, 5.41) is 11.5. The van der Waals surface area contributed by atoms with Crippen LogP contribution in [0.3, 0.4) is 0 Å². The summed E-state index contributed by atoms with van der Waals surface area (Å²) in [5.74, 6) is -2.73. The predicted molar refractivity (Wildman–Crippen MR) is 93.4 cm³/mol. The van der Waals surface area contributed by atoms with Crippen LogP contribution in [0, 0.1) is 0 Å². The topological polar surface area (TPSA) is 113 Å². The van der Waals surface area contributed by atoms with E-state index in [1.807, 2.05) is 0 Å². The van der Waals surface area contributed by atoms with Crippen molar-refractivity contribution in [3.8, 4) is 5.75 Å². The Labute approximate surface area is 151 Å². The standard InChI is InChI=1S/C18H22N2O6/c1-3-4-5-6-7-26-15-9-13-12(8-14(15)19-11(2)21)17(24)20(18(13)25)10-16(22)23/h8-9H,3-7,10H2,1-2H3,(H,19,21)(H,22,23). The van der Waals surface area contributed by atoms with E-state index in [0.717, 1.165) is 25.7 Å². The number of fused-ring (bicyclic) bond motifs is 1. The Bertz CT molecular complexity index is 743. The second-order valence-electron chi connectivity index (χ2n) is 6.07. The highest BCUT2D eigenvalue weighted by molar-refractivity contribution is 6.23. The van der Waals surface area contributed by atoms with Crippen LogP contribution in [0.25, 0.3) is 0 Å². The lowest BCUT2D eigenvalue weighted by Gasteiger charge is -2.13. The molecule has 0 radical (unpaired) electrons. The van der Waals surface area contributed by atoms with Crippen LogP contribution in [0.5, 0.6) is 5.75 Å². The Morgan fingerprint density at radius 3 is 2.35 bits per heavy atom. The molecule has 8 heteroatoms. The zero-order valence-corrected chi connectivity index (χ0v) is 14.8. The van der Waals surface area contributed by atoms with Crippen molar-refractivity contribution < 1.29 is 29.0 Å². The predicted octanol–water partition coefficient (Wildman–Crippen LogP) is 2.28. The molecule has 0 unspecified atom stereocenters. The molecule has 0 spiro atoms. The molecule has 2 N–H and O–H groups in total. The number of imide groups is 1. The third-order valence-corrected chi connectivity index (χ3v) is 3.93. The van der Waals surface area contributed by atoms with Crippen molar-refractivity contribution in [1.29, 1.82) is 0 Å². The molecule has 1 aliphatic rings. The smallest absolute Gasteiger partial charge is 0.323 e. The summed E-state index contributed by atoms with van der Waals surface area (Å²) in [5.41, 5.74) is 0.414. The van der Waals surface area contributed by atoms with Gasteiger partial charge in [-0.05, 0) is 18.6 Å². The maximum absolute atomic E-state index is 12.3. The number of carboxylic acid groups (broad SMARTS) is 1. The second kappa shape index (κ2) is 8.46. The van der Waals surface area contributed by atoms with E-state index >= 15 is 0 Å². The number of benzene rings is 1. The van der Waals surface area contributed by atoms with Gasteiger partial charge in [-0.2, -0.15) is 0 Å². The maximum atomic E-state index is 12.3. The van der Waals surface area contributed by atoms with Gasteiger partial charge in [0.2, 0.25) is 5.91 Å². The van der Waals surface area contributed by atoms with Crippen LogP contribution in [0.15, 0.2) is 12.1 Å². The number of carbonyl (C=O) groups is 4. The first-order valence-electron chi connectivity index (χ1n) is 8.51. The van der Waals surface area contributed by atoms with Crippen molar-refractivity contribution in [3.05, 3.63) is 23.3 Å². The first-order chi connectivity index (χ1) is 12.3. The Morgan fingerprint density at radius 2 is 1.77 bits per heavy atom. The van der Waals surface area contributed by atoms with Crippen LogP contribution >= 0.6 is 0 Å². The summed E-state index contributed by atoms with van der Waals surface area (Å²) < 4.78 is 5.70. The van der Waals surface area contributed by atoms with Crippen LogP contribution in [-0.2, 0) is 9.59 Å². The number of rotatable bonds is 9. The molecule has 0 aliphatic carbocycles. The number of aliphatic carboxylic acids is 1. The molecule has 3 amide bonds. The van der Waals surface area contributed by atoms with E-state index < -0.39 is 24.3 Å². The largest absolute Gasteiger partial charge is 0.491 e.